The molecule has 0 radical (unpaired) electrons. The molecule has 2 N–H and O–H groups in total. The number of alkyl halides is 2. The van der Waals surface area contributed by atoms with Gasteiger partial charge in [-0.2, -0.15) is 8.78 Å². The van der Waals surface area contributed by atoms with Gasteiger partial charge in [0.25, 0.3) is 5.91 Å². The zero-order valence-electron chi connectivity index (χ0n) is 19.8. The number of aromatic nitrogens is 6. The number of nitrogens with two attached hydrogens (primary N) is 1. The lowest BCUT2D eigenvalue weighted by Crippen LogP contribution is -2.44. The minimum atomic E-state index is -3.04. The highest BCUT2D eigenvalue weighted by Gasteiger charge is 2.47. The zero-order valence-corrected chi connectivity index (χ0v) is 19.8. The van der Waals surface area contributed by atoms with E-state index >= 15 is 0 Å². The molecule has 2 aliphatic carbocycles. The molecule has 0 aromatic carbocycles. The van der Waals surface area contributed by atoms with Crippen LogP contribution in [-0.4, -0.2) is 53.8 Å². The molecule has 4 aromatic rings. The van der Waals surface area contributed by atoms with Crippen molar-refractivity contribution in [2.45, 2.75) is 49.8 Å². The Kier molecular flexibility index (Phi) is 4.62. The van der Waals surface area contributed by atoms with E-state index in [1.165, 1.54) is 12.3 Å². The normalized spacial score (nSPS) is 21.5. The Balaban J connectivity index is 1.37. The van der Waals surface area contributed by atoms with Crippen molar-refractivity contribution in [3.8, 4) is 16.9 Å². The number of nitrogens with zero attached hydrogens (tertiary/aromatic N) is 7. The molecule has 12 heteroatoms. The first-order chi connectivity index (χ1) is 17.8. The van der Waals surface area contributed by atoms with Crippen molar-refractivity contribution in [1.82, 2.24) is 34.2 Å². The molecule has 7 rings (SSSR count). The first-order valence-electron chi connectivity index (χ1n) is 12.0. The smallest absolute Gasteiger partial charge is 0.387 e. The minimum absolute atomic E-state index is 0.0602. The van der Waals surface area contributed by atoms with Gasteiger partial charge in [-0.25, -0.2) is 19.9 Å². The van der Waals surface area contributed by atoms with Crippen LogP contribution in [0.4, 0.5) is 8.78 Å². The van der Waals surface area contributed by atoms with E-state index in [4.69, 9.17) is 15.5 Å². The van der Waals surface area contributed by atoms with Crippen molar-refractivity contribution in [2.75, 3.05) is 7.05 Å². The summed E-state index contributed by atoms with van der Waals surface area (Å²) < 4.78 is 33.2. The van der Waals surface area contributed by atoms with Gasteiger partial charge >= 0.3 is 6.61 Å². The number of imidazole rings is 1. The number of carbonyl (C=O) groups is 1. The summed E-state index contributed by atoms with van der Waals surface area (Å²) in [7, 11) is 1.67. The second-order valence-corrected chi connectivity index (χ2v) is 9.87. The van der Waals surface area contributed by atoms with E-state index in [0.717, 1.165) is 36.1 Å². The van der Waals surface area contributed by atoms with Gasteiger partial charge < -0.3 is 15.4 Å². The standard InChI is InChI=1S/C25H22F2N8O2/c1-34-15-7-14(17-16(37-23(26)27)3-6-29-19(17)21(34)36)20-18(15)33-24-32-10-13(11-35(20)24)12-8-30-22(31-9-12)25(28)4-2-5-25/h3,6,8-11,14-15,23H,2,4-5,7,28H2,1H3. The lowest BCUT2D eigenvalue weighted by atomic mass is 9.77. The molecular formula is C25H22F2N8O2. The molecule has 37 heavy (non-hydrogen) atoms. The van der Waals surface area contributed by atoms with Crippen molar-refractivity contribution < 1.29 is 18.3 Å². The maximum absolute atomic E-state index is 13.3. The predicted octanol–water partition coefficient (Wildman–Crippen LogP) is 3.18. The van der Waals surface area contributed by atoms with Crippen LogP contribution < -0.4 is 10.5 Å². The number of carbonyl (C=O) groups excluding carboxylic acids is 1. The third kappa shape index (κ3) is 3.18. The first kappa shape index (κ1) is 22.2. The van der Waals surface area contributed by atoms with E-state index in [-0.39, 0.29) is 23.4 Å². The van der Waals surface area contributed by atoms with Crippen molar-refractivity contribution >= 4 is 11.7 Å². The van der Waals surface area contributed by atoms with Crippen LogP contribution in [0.3, 0.4) is 0 Å². The third-order valence-electron chi connectivity index (χ3n) is 7.83. The topological polar surface area (TPSA) is 124 Å². The number of hydrogen-bond donors (Lipinski definition) is 1. The summed E-state index contributed by atoms with van der Waals surface area (Å²) in [6.45, 7) is -3.04. The summed E-state index contributed by atoms with van der Waals surface area (Å²) in [5.41, 5.74) is 9.34. The Morgan fingerprint density at radius 1 is 1.14 bits per heavy atom. The van der Waals surface area contributed by atoms with Gasteiger partial charge in [-0.05, 0) is 31.7 Å². The molecular weight excluding hydrogens is 482 g/mol. The zero-order chi connectivity index (χ0) is 25.5. The van der Waals surface area contributed by atoms with E-state index in [0.29, 0.717) is 29.3 Å². The number of ether oxygens (including phenoxy) is 1. The summed E-state index contributed by atoms with van der Waals surface area (Å²) in [4.78, 5) is 37.3. The van der Waals surface area contributed by atoms with Crippen LogP contribution >= 0.6 is 0 Å². The molecule has 1 aliphatic heterocycles. The Bertz CT molecular complexity index is 1570. The Morgan fingerprint density at radius 3 is 2.59 bits per heavy atom. The van der Waals surface area contributed by atoms with E-state index in [1.807, 2.05) is 10.6 Å². The molecule has 5 heterocycles. The molecule has 188 valence electrons. The maximum atomic E-state index is 13.3. The van der Waals surface area contributed by atoms with Gasteiger partial charge in [0.1, 0.15) is 17.3 Å². The second kappa shape index (κ2) is 7.72. The number of amides is 1. The lowest BCUT2D eigenvalue weighted by molar-refractivity contribution is -0.0506. The number of hydrogen-bond acceptors (Lipinski definition) is 8. The highest BCUT2D eigenvalue weighted by Crippen LogP contribution is 2.52. The van der Waals surface area contributed by atoms with Crippen LogP contribution in [0.5, 0.6) is 5.75 Å². The fourth-order valence-corrected chi connectivity index (χ4v) is 5.74. The minimum Gasteiger partial charge on any atom is -0.434 e. The second-order valence-electron chi connectivity index (χ2n) is 9.87. The molecule has 1 fully saturated rings. The van der Waals surface area contributed by atoms with Crippen LogP contribution in [-0.2, 0) is 5.54 Å². The van der Waals surface area contributed by atoms with Gasteiger partial charge in [0.15, 0.2) is 0 Å². The van der Waals surface area contributed by atoms with Gasteiger partial charge in [0.2, 0.25) is 5.78 Å². The molecule has 10 nitrogen and oxygen atoms in total. The van der Waals surface area contributed by atoms with E-state index < -0.39 is 18.1 Å². The highest BCUT2D eigenvalue weighted by atomic mass is 19.3. The van der Waals surface area contributed by atoms with Gasteiger partial charge in [-0.3, -0.25) is 14.2 Å². The molecule has 2 bridgehead atoms. The van der Waals surface area contributed by atoms with Crippen LogP contribution in [0.1, 0.15) is 70.9 Å². The van der Waals surface area contributed by atoms with Crippen LogP contribution in [0.2, 0.25) is 0 Å². The summed E-state index contributed by atoms with van der Waals surface area (Å²) in [6.07, 6.45) is 11.6. The molecule has 4 aromatic heterocycles. The number of pyridine rings is 1. The van der Waals surface area contributed by atoms with E-state index in [1.54, 1.807) is 30.5 Å². The fourth-order valence-electron chi connectivity index (χ4n) is 5.74. The Morgan fingerprint density at radius 2 is 1.89 bits per heavy atom. The maximum Gasteiger partial charge on any atom is 0.387 e. The quantitative estimate of drug-likeness (QED) is 0.449. The van der Waals surface area contributed by atoms with Crippen molar-refractivity contribution in [3.05, 3.63) is 65.5 Å². The monoisotopic (exact) mass is 504 g/mol. The summed E-state index contributed by atoms with van der Waals surface area (Å²) in [5, 5.41) is 0. The SMILES string of the molecule is CN1C(=O)c2nccc(OC(F)F)c2C2CC1c1nc3ncc(-c4cnc(C5(N)CCC5)nc4)cn3c12. The average Bonchev–Trinajstić information content (AvgIpc) is 3.40. The molecule has 1 amide bonds. The van der Waals surface area contributed by atoms with Gasteiger partial charge in [-0.15, -0.1) is 0 Å². The first-order valence-corrected chi connectivity index (χ1v) is 12.0. The number of fused-ring (bicyclic) bond motifs is 9. The number of halogens is 2. The van der Waals surface area contributed by atoms with Gasteiger partial charge in [0.05, 0.1) is 23.0 Å². The van der Waals surface area contributed by atoms with Crippen LogP contribution in [0.25, 0.3) is 16.9 Å². The molecule has 1 saturated carbocycles. The molecule has 0 saturated heterocycles. The van der Waals surface area contributed by atoms with E-state index in [2.05, 4.69) is 19.9 Å². The van der Waals surface area contributed by atoms with Crippen LogP contribution in [0, 0.1) is 0 Å². The van der Waals surface area contributed by atoms with Gasteiger partial charge in [-0.1, -0.05) is 0 Å². The fraction of sp³-hybridized carbons (Fsp3) is 0.360. The molecule has 0 spiro atoms. The lowest BCUT2D eigenvalue weighted by Gasteiger charge is -2.36. The number of rotatable bonds is 4. The molecule has 3 aliphatic rings. The highest BCUT2D eigenvalue weighted by molar-refractivity contribution is 5.96. The molecule has 2 unspecified atom stereocenters. The van der Waals surface area contributed by atoms with Gasteiger partial charge in [0, 0.05) is 60.6 Å². The largest absolute Gasteiger partial charge is 0.434 e. The summed E-state index contributed by atoms with van der Waals surface area (Å²) in [5.74, 6) is 0.220. The van der Waals surface area contributed by atoms with Crippen molar-refractivity contribution in [2.24, 2.45) is 5.73 Å². The molecule has 2 atom stereocenters. The van der Waals surface area contributed by atoms with E-state index in [9.17, 15) is 13.6 Å². The van der Waals surface area contributed by atoms with Crippen LogP contribution in [0.15, 0.2) is 37.1 Å². The summed E-state index contributed by atoms with van der Waals surface area (Å²) in [6, 6.07) is 1.02. The van der Waals surface area contributed by atoms with Crippen molar-refractivity contribution in [3.63, 3.8) is 0 Å². The summed E-state index contributed by atoms with van der Waals surface area (Å²) >= 11 is 0. The third-order valence-corrected chi connectivity index (χ3v) is 7.83. The average molecular weight is 505 g/mol. The Hall–Kier alpha value is -4.06. The Labute approximate surface area is 209 Å². The predicted molar refractivity (Wildman–Crippen MR) is 126 cm³/mol. The van der Waals surface area contributed by atoms with Crippen molar-refractivity contribution in [1.29, 1.82) is 0 Å².